The third kappa shape index (κ3) is 11.4. The Morgan fingerprint density at radius 3 is 2.07 bits per heavy atom. The largest absolute Gasteiger partial charge is 0.503 e. The summed E-state index contributed by atoms with van der Waals surface area (Å²) in [5, 5.41) is 17.9. The number of esters is 2. The summed E-state index contributed by atoms with van der Waals surface area (Å²) in [4.78, 5) is 45.0. The van der Waals surface area contributed by atoms with E-state index in [1.165, 1.54) is 30.6 Å². The molecule has 2 rings (SSSR count). The van der Waals surface area contributed by atoms with E-state index in [0.717, 1.165) is 4.57 Å². The number of carbonyl (C=O) groups is 2. The van der Waals surface area contributed by atoms with Gasteiger partial charge in [0, 0.05) is 12.4 Å². The van der Waals surface area contributed by atoms with Crippen molar-refractivity contribution in [1.29, 1.82) is 0 Å². The van der Waals surface area contributed by atoms with Crippen LogP contribution in [0.2, 0.25) is 0 Å². The number of nitrogens with one attached hydrogen (secondary N) is 1. The third-order valence-corrected chi connectivity index (χ3v) is 3.27. The van der Waals surface area contributed by atoms with E-state index in [0.29, 0.717) is 11.9 Å². The van der Waals surface area contributed by atoms with Crippen molar-refractivity contribution in [2.75, 3.05) is 18.5 Å². The lowest BCUT2D eigenvalue weighted by Crippen LogP contribution is -2.24. The number of hydrogen-bond donors (Lipinski definition) is 3. The van der Waals surface area contributed by atoms with Gasteiger partial charge in [-0.05, 0) is 38.1 Å². The minimum absolute atomic E-state index is 0.179. The Balaban J connectivity index is 0.000000444. The molecular weight excluding hydrogens is 452 g/mol. The van der Waals surface area contributed by atoms with Gasteiger partial charge in [0.15, 0.2) is 11.5 Å². The number of nitrogens with zero attached hydrogens (tertiary/aromatic N) is 1. The number of aromatic nitrogens is 2. The van der Waals surface area contributed by atoms with Gasteiger partial charge in [0.1, 0.15) is 11.9 Å². The first kappa shape index (κ1) is 25.9. The highest BCUT2D eigenvalue weighted by molar-refractivity contribution is 9.09. The summed E-state index contributed by atoms with van der Waals surface area (Å²) in [7, 11) is 0. The number of ether oxygens (including phenoxy) is 2. The first-order valence-corrected chi connectivity index (χ1v) is 9.51. The number of hydrogen-bond acceptors (Lipinski definition) is 8. The molecule has 3 N–H and O–H groups in total. The molecule has 29 heavy (non-hydrogen) atoms. The van der Waals surface area contributed by atoms with Crippen LogP contribution in [0.15, 0.2) is 46.2 Å². The zero-order valence-corrected chi connectivity index (χ0v) is 17.5. The van der Waals surface area contributed by atoms with Crippen molar-refractivity contribution in [2.45, 2.75) is 20.4 Å². The summed E-state index contributed by atoms with van der Waals surface area (Å²) >= 11 is 2.94. The molecule has 0 bridgehead atoms. The molecule has 0 aliphatic heterocycles. The van der Waals surface area contributed by atoms with E-state index in [4.69, 9.17) is 10.2 Å². The number of halogens is 1. The smallest absolute Gasteiger partial charge is 0.326 e. The molecule has 2 aromatic heterocycles. The highest BCUT2D eigenvalue weighted by atomic mass is 79.9. The maximum Gasteiger partial charge on any atom is 0.326 e. The van der Waals surface area contributed by atoms with Gasteiger partial charge in [-0.25, -0.2) is 0 Å². The molecule has 0 unspecified atom stereocenters. The quantitative estimate of drug-likeness (QED) is 0.431. The van der Waals surface area contributed by atoms with Gasteiger partial charge in [-0.3, -0.25) is 19.2 Å². The Morgan fingerprint density at radius 2 is 1.62 bits per heavy atom. The summed E-state index contributed by atoms with van der Waals surface area (Å²) in [5.41, 5.74) is -1.05. The minimum atomic E-state index is -0.597. The molecule has 0 fully saturated rings. The van der Waals surface area contributed by atoms with E-state index in [1.54, 1.807) is 19.9 Å². The van der Waals surface area contributed by atoms with Crippen molar-refractivity contribution in [3.05, 3.63) is 57.4 Å². The fourth-order valence-corrected chi connectivity index (χ4v) is 1.77. The average Bonchev–Trinajstić information content (AvgIpc) is 2.69. The monoisotopic (exact) mass is 474 g/mol. The van der Waals surface area contributed by atoms with Crippen LogP contribution in [-0.4, -0.2) is 50.2 Å². The zero-order chi connectivity index (χ0) is 22.2. The Bertz CT molecular complexity index is 878. The van der Waals surface area contributed by atoms with Crippen molar-refractivity contribution >= 4 is 27.9 Å². The summed E-state index contributed by atoms with van der Waals surface area (Å²) in [6.07, 6.45) is 2.88. The molecule has 160 valence electrons. The standard InChI is InChI=1S/C9H11NO4.C5H5NO2.C4H7BrO2/c1-2-14-8(12)6-10-5-3-4-7(11)9(10)13;7-4-2-1-3-6-5(4)8;1-2-7-4(6)3-5/h3-5,11H,2,6H2,1H3;1-3,7H,(H,6,8);2-3H2,1H3. The summed E-state index contributed by atoms with van der Waals surface area (Å²) in [6, 6.07) is 5.63. The van der Waals surface area contributed by atoms with Gasteiger partial charge in [0.25, 0.3) is 11.1 Å². The van der Waals surface area contributed by atoms with Crippen LogP contribution in [0.4, 0.5) is 0 Å². The lowest BCUT2D eigenvalue weighted by atomic mass is 10.4. The van der Waals surface area contributed by atoms with E-state index in [2.05, 4.69) is 30.4 Å². The molecule has 10 nitrogen and oxygen atoms in total. The molecule has 0 aliphatic carbocycles. The normalized spacial score (nSPS) is 9.21. The first-order chi connectivity index (χ1) is 13.8. The molecule has 11 heteroatoms. The maximum atomic E-state index is 11.2. The minimum Gasteiger partial charge on any atom is -0.503 e. The van der Waals surface area contributed by atoms with Crippen LogP contribution in [0.1, 0.15) is 13.8 Å². The van der Waals surface area contributed by atoms with Gasteiger partial charge in [0.05, 0.1) is 13.2 Å². The molecule has 0 spiro atoms. The number of H-pyrrole nitrogens is 1. The Labute approximate surface area is 174 Å². The van der Waals surface area contributed by atoms with E-state index >= 15 is 0 Å². The van der Waals surface area contributed by atoms with Gasteiger partial charge in [-0.15, -0.1) is 0 Å². The van der Waals surface area contributed by atoms with Crippen LogP contribution < -0.4 is 11.1 Å². The Hall–Kier alpha value is -3.08. The number of rotatable bonds is 5. The van der Waals surface area contributed by atoms with Crippen LogP contribution in [-0.2, 0) is 25.6 Å². The highest BCUT2D eigenvalue weighted by Crippen LogP contribution is 1.97. The fraction of sp³-hybridized carbons (Fsp3) is 0.333. The lowest BCUT2D eigenvalue weighted by molar-refractivity contribution is -0.144. The van der Waals surface area contributed by atoms with Gasteiger partial charge >= 0.3 is 11.9 Å². The van der Waals surface area contributed by atoms with Crippen LogP contribution in [0.5, 0.6) is 11.5 Å². The SMILES string of the molecule is CCOC(=O)CBr.CCOC(=O)Cn1cccc(O)c1=O.O=c1[nH]cccc1O. The van der Waals surface area contributed by atoms with Crippen molar-refractivity contribution < 1.29 is 29.3 Å². The van der Waals surface area contributed by atoms with E-state index < -0.39 is 17.1 Å². The lowest BCUT2D eigenvalue weighted by Gasteiger charge is -2.04. The third-order valence-electron chi connectivity index (χ3n) is 2.82. The second-order valence-corrected chi connectivity index (χ2v) is 5.52. The molecule has 0 amide bonds. The molecule has 0 radical (unpaired) electrons. The van der Waals surface area contributed by atoms with Crippen LogP contribution in [0.3, 0.4) is 0 Å². The van der Waals surface area contributed by atoms with Crippen molar-refractivity contribution in [2.24, 2.45) is 0 Å². The summed E-state index contributed by atoms with van der Waals surface area (Å²) in [5.74, 6) is -1.33. The van der Waals surface area contributed by atoms with Crippen LogP contribution in [0, 0.1) is 0 Å². The van der Waals surface area contributed by atoms with Gasteiger partial charge < -0.3 is 29.2 Å². The maximum absolute atomic E-state index is 11.2. The fourth-order valence-electron chi connectivity index (χ4n) is 1.61. The van der Waals surface area contributed by atoms with E-state index in [9.17, 15) is 19.2 Å². The van der Waals surface area contributed by atoms with E-state index in [-0.39, 0.29) is 30.6 Å². The van der Waals surface area contributed by atoms with Crippen molar-refractivity contribution in [3.8, 4) is 11.5 Å². The number of alkyl halides is 1. The number of aromatic hydroxyl groups is 2. The van der Waals surface area contributed by atoms with Gasteiger partial charge in [-0.2, -0.15) is 0 Å². The molecule has 0 saturated carbocycles. The zero-order valence-electron chi connectivity index (χ0n) is 16.0. The summed E-state index contributed by atoms with van der Waals surface area (Å²) in [6.45, 7) is 4.02. The molecule has 0 aromatic carbocycles. The molecule has 2 aromatic rings. The first-order valence-electron chi connectivity index (χ1n) is 8.39. The number of aromatic amines is 1. The molecule has 2 heterocycles. The van der Waals surface area contributed by atoms with Crippen LogP contribution in [0.25, 0.3) is 0 Å². The number of carbonyl (C=O) groups excluding carboxylic acids is 2. The predicted molar refractivity (Wildman–Crippen MR) is 108 cm³/mol. The molecular formula is C18H23BrN2O8. The summed E-state index contributed by atoms with van der Waals surface area (Å²) < 4.78 is 10.3. The van der Waals surface area contributed by atoms with Gasteiger partial charge in [0.2, 0.25) is 0 Å². The number of pyridine rings is 2. The van der Waals surface area contributed by atoms with Gasteiger partial charge in [-0.1, -0.05) is 15.9 Å². The second-order valence-electron chi connectivity index (χ2n) is 4.95. The van der Waals surface area contributed by atoms with Crippen LogP contribution >= 0.6 is 15.9 Å². The topological polar surface area (TPSA) is 148 Å². The Kier molecular flexibility index (Phi) is 13.3. The van der Waals surface area contributed by atoms with E-state index in [1.807, 2.05) is 0 Å². The molecule has 0 aliphatic rings. The highest BCUT2D eigenvalue weighted by Gasteiger charge is 2.06. The predicted octanol–water partition coefficient (Wildman–Crippen LogP) is 1.14. The average molecular weight is 475 g/mol. The second kappa shape index (κ2) is 14.9. The molecule has 0 saturated heterocycles. The molecule has 0 atom stereocenters. The van der Waals surface area contributed by atoms with Crippen molar-refractivity contribution in [1.82, 2.24) is 9.55 Å². The Morgan fingerprint density at radius 1 is 1.03 bits per heavy atom. The van der Waals surface area contributed by atoms with Crippen molar-refractivity contribution in [3.63, 3.8) is 0 Å².